The minimum absolute atomic E-state index is 0.138. The molecular formula is C15H29N5. The summed E-state index contributed by atoms with van der Waals surface area (Å²) in [6.07, 6.45) is 7.50. The second kappa shape index (κ2) is 6.68. The topological polar surface area (TPSA) is 60.0 Å². The van der Waals surface area contributed by atoms with E-state index in [4.69, 9.17) is 5.73 Å². The molecule has 5 nitrogen and oxygen atoms in total. The predicted molar refractivity (Wildman–Crippen MR) is 81.5 cm³/mol. The van der Waals surface area contributed by atoms with Crippen LogP contribution in [0.15, 0.2) is 6.33 Å². The quantitative estimate of drug-likeness (QED) is 0.827. The summed E-state index contributed by atoms with van der Waals surface area (Å²) in [5, 5.41) is 4.26. The summed E-state index contributed by atoms with van der Waals surface area (Å²) >= 11 is 0. The number of nitrogens with zero attached hydrogens (tertiary/aromatic N) is 4. The van der Waals surface area contributed by atoms with Gasteiger partial charge in [-0.25, -0.2) is 4.98 Å². The molecule has 0 aliphatic heterocycles. The molecule has 1 aromatic rings. The van der Waals surface area contributed by atoms with Crippen LogP contribution in [0.3, 0.4) is 0 Å². The zero-order valence-corrected chi connectivity index (χ0v) is 13.2. The first-order valence-electron chi connectivity index (χ1n) is 8.05. The van der Waals surface area contributed by atoms with Crippen LogP contribution in [0.4, 0.5) is 0 Å². The van der Waals surface area contributed by atoms with E-state index < -0.39 is 0 Å². The lowest BCUT2D eigenvalue weighted by molar-refractivity contribution is 0.0761. The predicted octanol–water partition coefficient (Wildman–Crippen LogP) is 1.82. The fourth-order valence-electron chi connectivity index (χ4n) is 3.86. The Morgan fingerprint density at radius 2 is 1.95 bits per heavy atom. The zero-order chi connectivity index (χ0) is 14.6. The molecule has 2 rings (SSSR count). The number of likely N-dealkylation sites (N-methyl/N-ethyl adjacent to an activating group) is 1. The Hall–Kier alpha value is -0.940. The van der Waals surface area contributed by atoms with E-state index in [9.17, 15) is 0 Å². The van der Waals surface area contributed by atoms with E-state index in [1.807, 2.05) is 4.68 Å². The lowest BCUT2D eigenvalue weighted by atomic mass is 9.84. The Morgan fingerprint density at radius 1 is 1.30 bits per heavy atom. The van der Waals surface area contributed by atoms with Crippen molar-refractivity contribution in [2.24, 2.45) is 5.73 Å². The van der Waals surface area contributed by atoms with Gasteiger partial charge in [0.2, 0.25) is 0 Å². The summed E-state index contributed by atoms with van der Waals surface area (Å²) in [5.41, 5.74) is 6.82. The van der Waals surface area contributed by atoms with Crippen molar-refractivity contribution in [3.05, 3.63) is 12.2 Å². The molecule has 20 heavy (non-hydrogen) atoms. The van der Waals surface area contributed by atoms with Crippen LogP contribution in [-0.2, 0) is 13.0 Å². The number of rotatable bonds is 7. The maximum atomic E-state index is 6.66. The highest BCUT2D eigenvalue weighted by Gasteiger charge is 2.43. The molecule has 1 fully saturated rings. The molecule has 1 aliphatic rings. The van der Waals surface area contributed by atoms with E-state index in [2.05, 4.69) is 35.8 Å². The van der Waals surface area contributed by atoms with Crippen molar-refractivity contribution in [2.75, 3.05) is 13.1 Å². The van der Waals surface area contributed by atoms with Crippen LogP contribution in [0.25, 0.3) is 0 Å². The molecule has 1 aliphatic carbocycles. The average molecular weight is 279 g/mol. The Labute approximate surface area is 122 Å². The second-order valence-electron chi connectivity index (χ2n) is 5.79. The van der Waals surface area contributed by atoms with Crippen LogP contribution in [0.2, 0.25) is 0 Å². The van der Waals surface area contributed by atoms with Crippen molar-refractivity contribution in [2.45, 2.75) is 71.0 Å². The molecule has 1 aromatic heterocycles. The van der Waals surface area contributed by atoms with Gasteiger partial charge in [0.05, 0.1) is 0 Å². The standard InChI is InChI=1S/C15H29N5/c1-4-19(5-2)15(9-7-8-10-15)13(16)11-14-17-12-18-20(14)6-3/h12-13H,4-11,16H2,1-3H3. The van der Waals surface area contributed by atoms with Crippen LogP contribution in [0.5, 0.6) is 0 Å². The molecule has 5 heteroatoms. The third kappa shape index (κ3) is 2.74. The van der Waals surface area contributed by atoms with Gasteiger partial charge >= 0.3 is 0 Å². The Kier molecular flexibility index (Phi) is 5.16. The fraction of sp³-hybridized carbons (Fsp3) is 0.867. The molecule has 0 aromatic carbocycles. The van der Waals surface area contributed by atoms with Crippen LogP contribution in [0, 0.1) is 0 Å². The fourth-order valence-corrected chi connectivity index (χ4v) is 3.86. The highest BCUT2D eigenvalue weighted by Crippen LogP contribution is 2.38. The molecule has 1 heterocycles. The first-order valence-corrected chi connectivity index (χ1v) is 8.05. The van der Waals surface area contributed by atoms with E-state index in [0.717, 1.165) is 31.9 Å². The highest BCUT2D eigenvalue weighted by molar-refractivity contribution is 5.05. The molecule has 0 radical (unpaired) electrons. The van der Waals surface area contributed by atoms with Gasteiger partial charge in [0.1, 0.15) is 12.2 Å². The summed E-state index contributed by atoms with van der Waals surface area (Å²) < 4.78 is 1.96. The van der Waals surface area contributed by atoms with E-state index in [1.54, 1.807) is 6.33 Å². The first kappa shape index (κ1) is 15.4. The van der Waals surface area contributed by atoms with Crippen molar-refractivity contribution < 1.29 is 0 Å². The number of aromatic nitrogens is 3. The minimum atomic E-state index is 0.138. The van der Waals surface area contributed by atoms with Crippen molar-refractivity contribution in [3.63, 3.8) is 0 Å². The molecule has 1 unspecified atom stereocenters. The van der Waals surface area contributed by atoms with Gasteiger partial charge in [0.25, 0.3) is 0 Å². The summed E-state index contributed by atoms with van der Waals surface area (Å²) in [6.45, 7) is 9.59. The number of hydrogen-bond acceptors (Lipinski definition) is 4. The maximum Gasteiger partial charge on any atom is 0.138 e. The average Bonchev–Trinajstić information content (AvgIpc) is 3.09. The Morgan fingerprint density at radius 3 is 2.50 bits per heavy atom. The van der Waals surface area contributed by atoms with E-state index in [0.29, 0.717) is 0 Å². The lowest BCUT2D eigenvalue weighted by Crippen LogP contribution is -2.59. The van der Waals surface area contributed by atoms with Crippen molar-refractivity contribution in [3.8, 4) is 0 Å². The number of hydrogen-bond donors (Lipinski definition) is 1. The molecule has 114 valence electrons. The van der Waals surface area contributed by atoms with Gasteiger partial charge in [-0.1, -0.05) is 26.7 Å². The first-order chi connectivity index (χ1) is 9.67. The number of nitrogens with two attached hydrogens (primary N) is 1. The molecular weight excluding hydrogens is 250 g/mol. The summed E-state index contributed by atoms with van der Waals surface area (Å²) in [7, 11) is 0. The Bertz CT molecular complexity index is 404. The molecule has 0 bridgehead atoms. The number of aryl methyl sites for hydroxylation is 1. The van der Waals surface area contributed by atoms with Crippen molar-refractivity contribution in [1.29, 1.82) is 0 Å². The zero-order valence-electron chi connectivity index (χ0n) is 13.2. The Balaban J connectivity index is 2.17. The second-order valence-corrected chi connectivity index (χ2v) is 5.79. The maximum absolute atomic E-state index is 6.66. The smallest absolute Gasteiger partial charge is 0.138 e. The monoisotopic (exact) mass is 279 g/mol. The third-order valence-corrected chi connectivity index (χ3v) is 4.95. The highest BCUT2D eigenvalue weighted by atomic mass is 15.3. The van der Waals surface area contributed by atoms with Gasteiger partial charge in [-0.05, 0) is 32.9 Å². The van der Waals surface area contributed by atoms with Gasteiger partial charge in [0, 0.05) is 24.5 Å². The van der Waals surface area contributed by atoms with Crippen LogP contribution in [0.1, 0.15) is 52.3 Å². The molecule has 2 N–H and O–H groups in total. The van der Waals surface area contributed by atoms with Crippen LogP contribution >= 0.6 is 0 Å². The minimum Gasteiger partial charge on any atom is -0.326 e. The molecule has 1 atom stereocenters. The van der Waals surface area contributed by atoms with Gasteiger partial charge in [-0.15, -0.1) is 0 Å². The molecule has 0 amide bonds. The van der Waals surface area contributed by atoms with Gasteiger partial charge in [0.15, 0.2) is 0 Å². The van der Waals surface area contributed by atoms with Gasteiger partial charge in [-0.3, -0.25) is 9.58 Å². The SMILES string of the molecule is CCN(CC)C1(C(N)Cc2ncnn2CC)CCCC1. The van der Waals surface area contributed by atoms with Gasteiger partial charge < -0.3 is 5.73 Å². The molecule has 0 spiro atoms. The molecule has 1 saturated carbocycles. The van der Waals surface area contributed by atoms with Crippen LogP contribution in [-0.4, -0.2) is 44.3 Å². The summed E-state index contributed by atoms with van der Waals surface area (Å²) in [5.74, 6) is 1.03. The third-order valence-electron chi connectivity index (χ3n) is 4.95. The summed E-state index contributed by atoms with van der Waals surface area (Å²) in [4.78, 5) is 6.96. The van der Waals surface area contributed by atoms with E-state index in [1.165, 1.54) is 25.7 Å². The van der Waals surface area contributed by atoms with Crippen LogP contribution < -0.4 is 5.73 Å². The van der Waals surface area contributed by atoms with E-state index >= 15 is 0 Å². The lowest BCUT2D eigenvalue weighted by Gasteiger charge is -2.44. The van der Waals surface area contributed by atoms with E-state index in [-0.39, 0.29) is 11.6 Å². The van der Waals surface area contributed by atoms with Gasteiger partial charge in [-0.2, -0.15) is 5.10 Å². The van der Waals surface area contributed by atoms with Crippen molar-refractivity contribution >= 4 is 0 Å². The van der Waals surface area contributed by atoms with Crippen molar-refractivity contribution in [1.82, 2.24) is 19.7 Å². The largest absolute Gasteiger partial charge is 0.326 e. The normalized spacial score (nSPS) is 19.6. The molecule has 0 saturated heterocycles. The summed E-state index contributed by atoms with van der Waals surface area (Å²) in [6, 6.07) is 0.138.